The summed E-state index contributed by atoms with van der Waals surface area (Å²) in [7, 11) is 0. The highest BCUT2D eigenvalue weighted by molar-refractivity contribution is 9.10. The van der Waals surface area contributed by atoms with Gasteiger partial charge in [-0.25, -0.2) is 4.98 Å². The number of rotatable bonds is 1. The van der Waals surface area contributed by atoms with E-state index in [1.165, 1.54) is 0 Å². The van der Waals surface area contributed by atoms with Gasteiger partial charge in [0.05, 0.1) is 28.0 Å². The van der Waals surface area contributed by atoms with E-state index in [0.29, 0.717) is 11.1 Å². The van der Waals surface area contributed by atoms with Crippen LogP contribution in [0.25, 0.3) is 11.0 Å². The Bertz CT molecular complexity index is 585. The van der Waals surface area contributed by atoms with E-state index in [1.807, 2.05) is 25.4 Å². The molecule has 1 aromatic carbocycles. The average Bonchev–Trinajstić information content (AvgIpc) is 2.57. The minimum atomic E-state index is -0.539. The molecule has 1 saturated carbocycles. The van der Waals surface area contributed by atoms with Gasteiger partial charge in [0.25, 0.3) is 0 Å². The number of hydrogen-bond donors (Lipinski definition) is 1. The van der Waals surface area contributed by atoms with E-state index in [2.05, 4.69) is 25.5 Å². The average molecular weight is 316 g/mol. The second-order valence-electron chi connectivity index (χ2n) is 4.97. The summed E-state index contributed by atoms with van der Waals surface area (Å²) >= 11 is 9.66. The Kier molecular flexibility index (Phi) is 2.51. The molecule has 1 N–H and O–H groups in total. The van der Waals surface area contributed by atoms with Gasteiger partial charge in [-0.3, -0.25) is 0 Å². The first-order valence-electron chi connectivity index (χ1n) is 5.50. The van der Waals surface area contributed by atoms with Crippen molar-refractivity contribution in [2.45, 2.75) is 31.4 Å². The van der Waals surface area contributed by atoms with Crippen molar-refractivity contribution in [2.75, 3.05) is 0 Å². The molecule has 1 fully saturated rings. The molecule has 0 radical (unpaired) electrons. The largest absolute Gasteiger partial charge is 0.390 e. The summed E-state index contributed by atoms with van der Waals surface area (Å²) in [6.07, 6.45) is 3.32. The normalized spacial score (nSPS) is 28.4. The molecule has 90 valence electrons. The molecule has 1 aromatic heterocycles. The lowest BCUT2D eigenvalue weighted by Gasteiger charge is -2.41. The lowest BCUT2D eigenvalue weighted by Crippen LogP contribution is -2.41. The van der Waals surface area contributed by atoms with Gasteiger partial charge in [-0.05, 0) is 31.9 Å². The van der Waals surface area contributed by atoms with Gasteiger partial charge in [0.15, 0.2) is 0 Å². The highest BCUT2D eigenvalue weighted by Crippen LogP contribution is 2.43. The first-order chi connectivity index (χ1) is 7.96. The second-order valence-corrected chi connectivity index (χ2v) is 6.29. The quantitative estimate of drug-likeness (QED) is 0.874. The molecule has 0 unspecified atom stereocenters. The summed E-state index contributed by atoms with van der Waals surface area (Å²) in [5.41, 5.74) is 1.30. The first kappa shape index (κ1) is 11.5. The minimum Gasteiger partial charge on any atom is -0.390 e. The second kappa shape index (κ2) is 3.70. The summed E-state index contributed by atoms with van der Waals surface area (Å²) in [5, 5.41) is 10.5. The zero-order valence-electron chi connectivity index (χ0n) is 9.32. The fraction of sp³-hybridized carbons (Fsp3) is 0.417. The summed E-state index contributed by atoms with van der Waals surface area (Å²) < 4.78 is 3.00. The summed E-state index contributed by atoms with van der Waals surface area (Å²) in [4.78, 5) is 4.36. The van der Waals surface area contributed by atoms with Crippen molar-refractivity contribution in [1.29, 1.82) is 0 Å². The Balaban J connectivity index is 2.07. The van der Waals surface area contributed by atoms with Crippen molar-refractivity contribution in [2.24, 2.45) is 0 Å². The maximum Gasteiger partial charge on any atom is 0.0961 e. The standard InChI is InChI=1S/C12H12BrClN2O/c1-12(17)4-8(5-12)16-6-15-10-3-7(13)2-9(14)11(10)16/h2-3,6,8,17H,4-5H2,1H3. The number of hydrogen-bond acceptors (Lipinski definition) is 2. The maximum atomic E-state index is 9.79. The predicted molar refractivity (Wildman–Crippen MR) is 71.3 cm³/mol. The van der Waals surface area contributed by atoms with E-state index in [9.17, 15) is 5.11 Å². The Morgan fingerprint density at radius 3 is 2.88 bits per heavy atom. The summed E-state index contributed by atoms with van der Waals surface area (Å²) in [5.74, 6) is 0. The van der Waals surface area contributed by atoms with Crippen LogP contribution < -0.4 is 0 Å². The number of nitrogens with zero attached hydrogens (tertiary/aromatic N) is 2. The van der Waals surface area contributed by atoms with Gasteiger partial charge in [0.1, 0.15) is 0 Å². The van der Waals surface area contributed by atoms with E-state index >= 15 is 0 Å². The molecule has 0 saturated heterocycles. The molecule has 0 bridgehead atoms. The third kappa shape index (κ3) is 1.88. The molecular weight excluding hydrogens is 304 g/mol. The lowest BCUT2D eigenvalue weighted by atomic mass is 9.77. The Labute approximate surface area is 113 Å². The van der Waals surface area contributed by atoms with Gasteiger partial charge in [0.2, 0.25) is 0 Å². The minimum absolute atomic E-state index is 0.300. The topological polar surface area (TPSA) is 38.0 Å². The Morgan fingerprint density at radius 2 is 2.24 bits per heavy atom. The molecule has 1 aliphatic rings. The Morgan fingerprint density at radius 1 is 1.53 bits per heavy atom. The van der Waals surface area contributed by atoms with Crippen molar-refractivity contribution >= 4 is 38.6 Å². The molecule has 5 heteroatoms. The van der Waals surface area contributed by atoms with Crippen LogP contribution in [0.4, 0.5) is 0 Å². The van der Waals surface area contributed by atoms with Gasteiger partial charge >= 0.3 is 0 Å². The first-order valence-corrected chi connectivity index (χ1v) is 6.67. The number of benzene rings is 1. The molecule has 0 aliphatic heterocycles. The molecule has 0 amide bonds. The van der Waals surface area contributed by atoms with E-state index < -0.39 is 5.60 Å². The molecular formula is C12H12BrClN2O. The molecule has 3 nitrogen and oxygen atoms in total. The van der Waals surface area contributed by atoms with Gasteiger partial charge < -0.3 is 9.67 Å². The number of halogens is 2. The number of fused-ring (bicyclic) bond motifs is 1. The number of imidazole rings is 1. The number of aromatic nitrogens is 2. The van der Waals surface area contributed by atoms with Crippen LogP contribution in [0.2, 0.25) is 5.02 Å². The molecule has 0 spiro atoms. The summed E-state index contributed by atoms with van der Waals surface area (Å²) in [6, 6.07) is 4.13. The highest BCUT2D eigenvalue weighted by Gasteiger charge is 2.40. The van der Waals surface area contributed by atoms with Crippen LogP contribution in [0.5, 0.6) is 0 Å². The monoisotopic (exact) mass is 314 g/mol. The van der Waals surface area contributed by atoms with Gasteiger partial charge in [-0.2, -0.15) is 0 Å². The molecule has 1 heterocycles. The smallest absolute Gasteiger partial charge is 0.0961 e. The Hall–Kier alpha value is -0.580. The number of aliphatic hydroxyl groups is 1. The molecule has 1 aliphatic carbocycles. The van der Waals surface area contributed by atoms with Crippen LogP contribution in [-0.2, 0) is 0 Å². The molecule has 0 atom stereocenters. The van der Waals surface area contributed by atoms with Crippen molar-refractivity contribution in [3.8, 4) is 0 Å². The van der Waals surface area contributed by atoms with Gasteiger partial charge in [-0.15, -0.1) is 0 Å². The fourth-order valence-electron chi connectivity index (χ4n) is 2.52. The van der Waals surface area contributed by atoms with Crippen LogP contribution >= 0.6 is 27.5 Å². The van der Waals surface area contributed by atoms with Crippen LogP contribution in [0, 0.1) is 0 Å². The van der Waals surface area contributed by atoms with Crippen molar-refractivity contribution in [1.82, 2.24) is 9.55 Å². The fourth-order valence-corrected chi connectivity index (χ4v) is 3.41. The van der Waals surface area contributed by atoms with E-state index in [4.69, 9.17) is 11.6 Å². The van der Waals surface area contributed by atoms with Gasteiger partial charge in [0, 0.05) is 10.5 Å². The zero-order valence-corrected chi connectivity index (χ0v) is 11.7. The highest BCUT2D eigenvalue weighted by atomic mass is 79.9. The van der Waals surface area contributed by atoms with Crippen LogP contribution in [0.15, 0.2) is 22.9 Å². The van der Waals surface area contributed by atoms with Crippen LogP contribution in [0.3, 0.4) is 0 Å². The zero-order chi connectivity index (χ0) is 12.2. The van der Waals surface area contributed by atoms with E-state index in [-0.39, 0.29) is 0 Å². The molecule has 2 aromatic rings. The van der Waals surface area contributed by atoms with Crippen LogP contribution in [-0.4, -0.2) is 20.3 Å². The SMILES string of the molecule is CC1(O)CC(n2cnc3cc(Br)cc(Cl)c32)C1. The van der Waals surface area contributed by atoms with Gasteiger partial charge in [-0.1, -0.05) is 27.5 Å². The maximum absolute atomic E-state index is 9.79. The van der Waals surface area contributed by atoms with Crippen LogP contribution in [0.1, 0.15) is 25.8 Å². The molecule has 17 heavy (non-hydrogen) atoms. The summed E-state index contributed by atoms with van der Waals surface area (Å²) in [6.45, 7) is 1.86. The van der Waals surface area contributed by atoms with Crippen molar-refractivity contribution in [3.63, 3.8) is 0 Å². The van der Waals surface area contributed by atoms with Crippen molar-refractivity contribution in [3.05, 3.63) is 28.0 Å². The van der Waals surface area contributed by atoms with E-state index in [0.717, 1.165) is 28.3 Å². The third-order valence-electron chi connectivity index (χ3n) is 3.33. The van der Waals surface area contributed by atoms with E-state index in [1.54, 1.807) is 0 Å². The lowest BCUT2D eigenvalue weighted by molar-refractivity contribution is -0.0498. The van der Waals surface area contributed by atoms with Crippen molar-refractivity contribution < 1.29 is 5.11 Å². The third-order valence-corrected chi connectivity index (χ3v) is 4.08. The molecule has 3 rings (SSSR count). The predicted octanol–water partition coefficient (Wildman–Crippen LogP) is 3.54.